The van der Waals surface area contributed by atoms with Gasteiger partial charge in [-0.1, -0.05) is 11.6 Å². The van der Waals surface area contributed by atoms with Crippen molar-refractivity contribution in [3.8, 4) is 0 Å². The Kier molecular flexibility index (Phi) is 6.28. The topological polar surface area (TPSA) is 105 Å². The number of carbonyl (C=O) groups excluding carboxylic acids is 2. The summed E-state index contributed by atoms with van der Waals surface area (Å²) in [5.41, 5.74) is 0.0183. The van der Waals surface area contributed by atoms with Crippen molar-refractivity contribution in [3.05, 3.63) is 38.9 Å². The van der Waals surface area contributed by atoms with E-state index in [-0.39, 0.29) is 40.0 Å². The second kappa shape index (κ2) is 8.67. The first-order valence-corrected chi connectivity index (χ1v) is 9.57. The Morgan fingerprint density at radius 3 is 2.81 bits per heavy atom. The first-order chi connectivity index (χ1) is 12.9. The van der Waals surface area contributed by atoms with Crippen LogP contribution in [0.25, 0.3) is 0 Å². The predicted molar refractivity (Wildman–Crippen MR) is 101 cm³/mol. The molecule has 2 amide bonds. The summed E-state index contributed by atoms with van der Waals surface area (Å²) in [6.07, 6.45) is 3.62. The number of amides is 2. The predicted octanol–water partition coefficient (Wildman–Crippen LogP) is 1.97. The summed E-state index contributed by atoms with van der Waals surface area (Å²) >= 11 is 5.92. The van der Waals surface area contributed by atoms with Gasteiger partial charge >= 0.3 is 0 Å². The zero-order chi connectivity index (χ0) is 19.4. The molecule has 1 aromatic carbocycles. The van der Waals surface area contributed by atoms with Crippen LogP contribution >= 0.6 is 11.6 Å². The SMILES string of the molecule is O=C(NCC1CCCN(C(=O)c2cc(Cl)cc([N+](=O)[O-])c2)C1)C1CCCN1. The zero-order valence-electron chi connectivity index (χ0n) is 14.9. The first-order valence-electron chi connectivity index (χ1n) is 9.19. The summed E-state index contributed by atoms with van der Waals surface area (Å²) in [6.45, 7) is 2.50. The van der Waals surface area contributed by atoms with Gasteiger partial charge in [0.15, 0.2) is 0 Å². The molecule has 2 saturated heterocycles. The molecule has 0 saturated carbocycles. The fourth-order valence-corrected chi connectivity index (χ4v) is 3.91. The van der Waals surface area contributed by atoms with E-state index in [0.717, 1.165) is 32.2 Å². The number of likely N-dealkylation sites (tertiary alicyclic amines) is 1. The highest BCUT2D eigenvalue weighted by atomic mass is 35.5. The van der Waals surface area contributed by atoms with Gasteiger partial charge in [-0.05, 0) is 44.2 Å². The molecule has 2 aliphatic heterocycles. The number of non-ortho nitro benzene ring substituents is 1. The molecule has 8 nitrogen and oxygen atoms in total. The number of rotatable bonds is 5. The molecule has 0 bridgehead atoms. The molecule has 2 N–H and O–H groups in total. The lowest BCUT2D eigenvalue weighted by molar-refractivity contribution is -0.384. The number of benzene rings is 1. The van der Waals surface area contributed by atoms with Crippen LogP contribution in [0.2, 0.25) is 5.02 Å². The van der Waals surface area contributed by atoms with Crippen LogP contribution in [0.3, 0.4) is 0 Å². The Hall–Kier alpha value is -2.19. The molecule has 2 unspecified atom stereocenters. The van der Waals surface area contributed by atoms with E-state index in [0.29, 0.717) is 19.6 Å². The third-order valence-electron chi connectivity index (χ3n) is 5.09. The second-order valence-corrected chi connectivity index (χ2v) is 7.55. The fourth-order valence-electron chi connectivity index (χ4n) is 3.68. The van der Waals surface area contributed by atoms with Gasteiger partial charge < -0.3 is 15.5 Å². The lowest BCUT2D eigenvalue weighted by Crippen LogP contribution is -2.46. The number of nitro benzene ring substituents is 1. The number of nitro groups is 1. The third-order valence-corrected chi connectivity index (χ3v) is 5.31. The molecule has 9 heteroatoms. The van der Waals surface area contributed by atoms with Crippen LogP contribution in [0.5, 0.6) is 0 Å². The van der Waals surface area contributed by atoms with Crippen molar-refractivity contribution in [3.63, 3.8) is 0 Å². The highest BCUT2D eigenvalue weighted by Gasteiger charge is 2.27. The molecule has 27 heavy (non-hydrogen) atoms. The van der Waals surface area contributed by atoms with Crippen LogP contribution < -0.4 is 10.6 Å². The molecule has 146 valence electrons. The van der Waals surface area contributed by atoms with E-state index in [1.54, 1.807) is 4.90 Å². The lowest BCUT2D eigenvalue weighted by Gasteiger charge is -2.33. The van der Waals surface area contributed by atoms with E-state index >= 15 is 0 Å². The number of hydrogen-bond donors (Lipinski definition) is 2. The summed E-state index contributed by atoms with van der Waals surface area (Å²) in [5.74, 6) is -0.0854. The molecule has 3 rings (SSSR count). The van der Waals surface area contributed by atoms with Gasteiger partial charge in [-0.2, -0.15) is 0 Å². The Labute approximate surface area is 162 Å². The largest absolute Gasteiger partial charge is 0.354 e. The van der Waals surface area contributed by atoms with Crippen molar-refractivity contribution in [2.24, 2.45) is 5.92 Å². The number of halogens is 1. The van der Waals surface area contributed by atoms with Crippen LogP contribution in [-0.4, -0.2) is 53.9 Å². The maximum absolute atomic E-state index is 12.8. The van der Waals surface area contributed by atoms with Crippen molar-refractivity contribution in [2.75, 3.05) is 26.2 Å². The minimum atomic E-state index is -0.561. The zero-order valence-corrected chi connectivity index (χ0v) is 15.7. The normalized spacial score (nSPS) is 22.5. The van der Waals surface area contributed by atoms with Crippen LogP contribution in [0, 0.1) is 16.0 Å². The van der Waals surface area contributed by atoms with Crippen molar-refractivity contribution in [2.45, 2.75) is 31.7 Å². The second-order valence-electron chi connectivity index (χ2n) is 7.11. The lowest BCUT2D eigenvalue weighted by atomic mass is 9.97. The molecule has 2 atom stereocenters. The molecule has 2 heterocycles. The maximum atomic E-state index is 12.8. The van der Waals surface area contributed by atoms with Crippen LogP contribution in [0.4, 0.5) is 5.69 Å². The van der Waals surface area contributed by atoms with E-state index in [1.807, 2.05) is 0 Å². The summed E-state index contributed by atoms with van der Waals surface area (Å²) < 4.78 is 0. The highest BCUT2D eigenvalue weighted by Crippen LogP contribution is 2.24. The minimum Gasteiger partial charge on any atom is -0.354 e. The Morgan fingerprint density at radius 2 is 2.11 bits per heavy atom. The molecular weight excluding hydrogens is 372 g/mol. The smallest absolute Gasteiger partial charge is 0.271 e. The van der Waals surface area contributed by atoms with E-state index < -0.39 is 4.92 Å². The Bertz CT molecular complexity index is 736. The third kappa shape index (κ3) is 4.95. The maximum Gasteiger partial charge on any atom is 0.271 e. The quantitative estimate of drug-likeness (QED) is 0.586. The van der Waals surface area contributed by atoms with Crippen LogP contribution in [-0.2, 0) is 4.79 Å². The van der Waals surface area contributed by atoms with Crippen LogP contribution in [0.15, 0.2) is 18.2 Å². The average Bonchev–Trinajstić information content (AvgIpc) is 3.20. The summed E-state index contributed by atoms with van der Waals surface area (Å²) in [7, 11) is 0. The van der Waals surface area contributed by atoms with E-state index in [2.05, 4.69) is 10.6 Å². The van der Waals surface area contributed by atoms with Crippen LogP contribution in [0.1, 0.15) is 36.0 Å². The van der Waals surface area contributed by atoms with Gasteiger partial charge in [0.2, 0.25) is 5.91 Å². The molecule has 0 aromatic heterocycles. The monoisotopic (exact) mass is 394 g/mol. The minimum absolute atomic E-state index is 0.0152. The van der Waals surface area contributed by atoms with Crippen molar-refractivity contribution < 1.29 is 14.5 Å². The number of hydrogen-bond acceptors (Lipinski definition) is 5. The van der Waals surface area contributed by atoms with Gasteiger partial charge in [0.25, 0.3) is 11.6 Å². The Morgan fingerprint density at radius 1 is 1.30 bits per heavy atom. The van der Waals surface area contributed by atoms with Crippen molar-refractivity contribution in [1.29, 1.82) is 0 Å². The van der Waals surface area contributed by atoms with E-state index in [9.17, 15) is 19.7 Å². The van der Waals surface area contributed by atoms with Gasteiger partial charge in [-0.3, -0.25) is 19.7 Å². The molecule has 2 fully saturated rings. The number of nitrogens with one attached hydrogen (secondary N) is 2. The summed E-state index contributed by atoms with van der Waals surface area (Å²) in [6, 6.07) is 3.82. The van der Waals surface area contributed by atoms with Crippen molar-refractivity contribution in [1.82, 2.24) is 15.5 Å². The fraction of sp³-hybridized carbons (Fsp3) is 0.556. The number of nitrogens with zero attached hydrogens (tertiary/aromatic N) is 2. The van der Waals surface area contributed by atoms with Gasteiger partial charge in [0.05, 0.1) is 11.0 Å². The van der Waals surface area contributed by atoms with Gasteiger partial charge in [0.1, 0.15) is 0 Å². The van der Waals surface area contributed by atoms with Gasteiger partial charge in [-0.15, -0.1) is 0 Å². The molecule has 2 aliphatic rings. The van der Waals surface area contributed by atoms with Gasteiger partial charge in [-0.25, -0.2) is 0 Å². The average molecular weight is 395 g/mol. The standard InChI is InChI=1S/C18H23ClN4O4/c19-14-7-13(8-15(9-14)23(26)27)18(25)22-6-2-3-12(11-22)10-21-17(24)16-4-1-5-20-16/h7-9,12,16,20H,1-6,10-11H2,(H,21,24). The van der Waals surface area contributed by atoms with E-state index in [1.165, 1.54) is 18.2 Å². The molecule has 0 radical (unpaired) electrons. The molecular formula is C18H23ClN4O4. The summed E-state index contributed by atoms with van der Waals surface area (Å²) in [5, 5.41) is 17.3. The highest BCUT2D eigenvalue weighted by molar-refractivity contribution is 6.31. The molecule has 0 spiro atoms. The molecule has 1 aromatic rings. The number of carbonyl (C=O) groups is 2. The summed E-state index contributed by atoms with van der Waals surface area (Å²) in [4.78, 5) is 37.0. The van der Waals surface area contributed by atoms with Crippen molar-refractivity contribution >= 4 is 29.1 Å². The number of piperidine rings is 1. The molecule has 0 aliphatic carbocycles. The first kappa shape index (κ1) is 19.6. The van der Waals surface area contributed by atoms with Gasteiger partial charge in [0, 0.05) is 42.4 Å². The van der Waals surface area contributed by atoms with E-state index in [4.69, 9.17) is 11.6 Å². The Balaban J connectivity index is 1.59.